The Morgan fingerprint density at radius 2 is 1.53 bits per heavy atom. The van der Waals surface area contributed by atoms with E-state index in [0.29, 0.717) is 37.6 Å². The Morgan fingerprint density at radius 1 is 0.967 bits per heavy atom. The molecule has 0 bridgehead atoms. The van der Waals surface area contributed by atoms with Crippen LogP contribution in [-0.4, -0.2) is 62.3 Å². The highest BCUT2D eigenvalue weighted by Gasteiger charge is 2.31. The van der Waals surface area contributed by atoms with Crippen LogP contribution in [-0.2, 0) is 14.8 Å². The monoisotopic (exact) mass is 429 g/mol. The molecule has 0 radical (unpaired) electrons. The third-order valence-corrected chi connectivity index (χ3v) is 7.78. The Morgan fingerprint density at radius 3 is 2.10 bits per heavy atom. The van der Waals surface area contributed by atoms with E-state index in [2.05, 4.69) is 29.3 Å². The number of piperazine rings is 1. The first-order chi connectivity index (χ1) is 14.4. The lowest BCUT2D eigenvalue weighted by atomic mass is 9.96. The first kappa shape index (κ1) is 22.5. The van der Waals surface area contributed by atoms with E-state index < -0.39 is 10.0 Å². The first-order valence-corrected chi connectivity index (χ1v) is 12.0. The van der Waals surface area contributed by atoms with Gasteiger partial charge in [0.05, 0.1) is 10.9 Å². The number of benzene rings is 2. The molecule has 162 valence electrons. The van der Waals surface area contributed by atoms with Gasteiger partial charge in [0.2, 0.25) is 15.9 Å². The normalized spacial score (nSPS) is 17.9. The quantitative estimate of drug-likeness (QED) is 0.701. The summed E-state index contributed by atoms with van der Waals surface area (Å²) in [4.78, 5) is 15.1. The smallest absolute Gasteiger partial charge is 0.243 e. The van der Waals surface area contributed by atoms with E-state index in [0.717, 1.165) is 6.42 Å². The summed E-state index contributed by atoms with van der Waals surface area (Å²) >= 11 is 0. The van der Waals surface area contributed by atoms with Gasteiger partial charge in [-0.1, -0.05) is 55.5 Å². The molecule has 2 aromatic carbocycles. The van der Waals surface area contributed by atoms with Crippen molar-refractivity contribution in [2.75, 3.05) is 32.7 Å². The van der Waals surface area contributed by atoms with E-state index in [-0.39, 0.29) is 17.9 Å². The number of hydrogen-bond donors (Lipinski definition) is 1. The lowest BCUT2D eigenvalue weighted by molar-refractivity contribution is -0.126. The van der Waals surface area contributed by atoms with Crippen LogP contribution in [0.15, 0.2) is 65.6 Å². The van der Waals surface area contributed by atoms with Gasteiger partial charge in [-0.2, -0.15) is 4.31 Å². The van der Waals surface area contributed by atoms with Gasteiger partial charge in [0.1, 0.15) is 0 Å². The molecule has 1 N–H and O–H groups in total. The topological polar surface area (TPSA) is 69.7 Å². The summed E-state index contributed by atoms with van der Waals surface area (Å²) in [6, 6.07) is 18.4. The fraction of sp³-hybridized carbons (Fsp3) is 0.435. The fourth-order valence-corrected chi connectivity index (χ4v) is 5.28. The lowest BCUT2D eigenvalue weighted by Gasteiger charge is -2.36. The van der Waals surface area contributed by atoms with Crippen LogP contribution in [0.3, 0.4) is 0 Å². The van der Waals surface area contributed by atoms with Crippen molar-refractivity contribution in [1.82, 2.24) is 14.5 Å². The number of carbonyl (C=O) groups is 1. The zero-order chi connectivity index (χ0) is 21.6. The SMILES string of the molecule is CC[C@H](CNC(=O)[C@@H](C)N1CCN(S(=O)(=O)c2ccccc2)CC1)c1ccccc1. The number of carbonyl (C=O) groups excluding carboxylic acids is 1. The van der Waals surface area contributed by atoms with Crippen molar-refractivity contribution >= 4 is 15.9 Å². The van der Waals surface area contributed by atoms with Crippen molar-refractivity contribution in [2.45, 2.75) is 37.1 Å². The number of sulfonamides is 1. The Balaban J connectivity index is 1.52. The molecule has 0 spiro atoms. The molecule has 1 aliphatic rings. The van der Waals surface area contributed by atoms with Gasteiger partial charge in [-0.05, 0) is 31.0 Å². The molecule has 30 heavy (non-hydrogen) atoms. The van der Waals surface area contributed by atoms with E-state index in [1.165, 1.54) is 9.87 Å². The maximum atomic E-state index is 12.8. The van der Waals surface area contributed by atoms with Crippen molar-refractivity contribution in [3.8, 4) is 0 Å². The van der Waals surface area contributed by atoms with E-state index >= 15 is 0 Å². The molecule has 2 atom stereocenters. The number of nitrogens with zero attached hydrogens (tertiary/aromatic N) is 2. The van der Waals surface area contributed by atoms with Crippen LogP contribution >= 0.6 is 0 Å². The first-order valence-electron chi connectivity index (χ1n) is 10.6. The zero-order valence-electron chi connectivity index (χ0n) is 17.7. The predicted octanol–water partition coefficient (Wildman–Crippen LogP) is 2.69. The van der Waals surface area contributed by atoms with Crippen molar-refractivity contribution < 1.29 is 13.2 Å². The minimum atomic E-state index is -3.48. The van der Waals surface area contributed by atoms with Crippen molar-refractivity contribution in [3.63, 3.8) is 0 Å². The van der Waals surface area contributed by atoms with Crippen LogP contribution in [0, 0.1) is 0 Å². The highest BCUT2D eigenvalue weighted by Crippen LogP contribution is 2.19. The van der Waals surface area contributed by atoms with Gasteiger partial charge in [0.25, 0.3) is 0 Å². The molecular weight excluding hydrogens is 398 g/mol. The zero-order valence-corrected chi connectivity index (χ0v) is 18.5. The lowest BCUT2D eigenvalue weighted by Crippen LogP contribution is -2.55. The predicted molar refractivity (Wildman–Crippen MR) is 119 cm³/mol. The molecule has 0 aliphatic carbocycles. The van der Waals surface area contributed by atoms with Crippen molar-refractivity contribution in [2.24, 2.45) is 0 Å². The van der Waals surface area contributed by atoms with Crippen molar-refractivity contribution in [3.05, 3.63) is 66.2 Å². The molecule has 0 unspecified atom stereocenters. The van der Waals surface area contributed by atoms with Crippen LogP contribution < -0.4 is 5.32 Å². The largest absolute Gasteiger partial charge is 0.354 e. The molecule has 1 fully saturated rings. The molecule has 1 saturated heterocycles. The third-order valence-electron chi connectivity index (χ3n) is 5.87. The summed E-state index contributed by atoms with van der Waals surface area (Å²) in [5.41, 5.74) is 1.23. The van der Waals surface area contributed by atoms with E-state index in [1.807, 2.05) is 25.1 Å². The highest BCUT2D eigenvalue weighted by atomic mass is 32.2. The molecule has 1 heterocycles. The Kier molecular flexibility index (Phi) is 7.64. The maximum absolute atomic E-state index is 12.8. The van der Waals surface area contributed by atoms with Crippen molar-refractivity contribution in [1.29, 1.82) is 0 Å². The molecule has 0 aromatic heterocycles. The number of nitrogens with one attached hydrogen (secondary N) is 1. The van der Waals surface area contributed by atoms with Crippen LogP contribution in [0.5, 0.6) is 0 Å². The van der Waals surface area contributed by atoms with Gasteiger partial charge in [-0.3, -0.25) is 9.69 Å². The highest BCUT2D eigenvalue weighted by molar-refractivity contribution is 7.89. The van der Waals surface area contributed by atoms with Crippen LogP contribution in [0.2, 0.25) is 0 Å². The van der Waals surface area contributed by atoms with Gasteiger partial charge >= 0.3 is 0 Å². The number of hydrogen-bond acceptors (Lipinski definition) is 4. The van der Waals surface area contributed by atoms with Crippen LogP contribution in [0.1, 0.15) is 31.7 Å². The van der Waals surface area contributed by atoms with Gasteiger partial charge in [-0.25, -0.2) is 8.42 Å². The third kappa shape index (κ3) is 5.28. The average Bonchev–Trinajstić information content (AvgIpc) is 2.80. The maximum Gasteiger partial charge on any atom is 0.243 e. The minimum absolute atomic E-state index is 0.0104. The standard InChI is InChI=1S/C23H31N3O3S/c1-3-20(21-10-6-4-7-11-21)18-24-23(27)19(2)25-14-16-26(17-15-25)30(28,29)22-12-8-5-9-13-22/h4-13,19-20H,3,14-18H2,1-2H3,(H,24,27)/t19-,20-/m1/s1. The number of rotatable bonds is 8. The van der Waals surface area contributed by atoms with E-state index in [4.69, 9.17) is 0 Å². The summed E-state index contributed by atoms with van der Waals surface area (Å²) in [5, 5.41) is 3.08. The molecular formula is C23H31N3O3S. The van der Waals surface area contributed by atoms with Gasteiger partial charge in [0, 0.05) is 38.6 Å². The Hall–Kier alpha value is -2.22. The van der Waals surface area contributed by atoms with Gasteiger partial charge in [0.15, 0.2) is 0 Å². The molecule has 2 aromatic rings. The minimum Gasteiger partial charge on any atom is -0.354 e. The average molecular weight is 430 g/mol. The second kappa shape index (κ2) is 10.2. The van der Waals surface area contributed by atoms with Crippen LogP contribution in [0.25, 0.3) is 0 Å². The van der Waals surface area contributed by atoms with Gasteiger partial charge in [-0.15, -0.1) is 0 Å². The summed E-state index contributed by atoms with van der Waals surface area (Å²) in [6.07, 6.45) is 0.953. The van der Waals surface area contributed by atoms with Crippen LogP contribution in [0.4, 0.5) is 0 Å². The summed E-state index contributed by atoms with van der Waals surface area (Å²) in [5.74, 6) is 0.277. The molecule has 6 nitrogen and oxygen atoms in total. The molecule has 7 heteroatoms. The second-order valence-corrected chi connectivity index (χ2v) is 9.63. The summed E-state index contributed by atoms with van der Waals surface area (Å²) in [7, 11) is -3.48. The Labute approximate surface area is 179 Å². The fourth-order valence-electron chi connectivity index (χ4n) is 3.83. The molecule has 0 saturated carbocycles. The van der Waals surface area contributed by atoms with E-state index in [1.54, 1.807) is 30.3 Å². The molecule has 1 amide bonds. The Bertz CT molecular complexity index is 911. The summed E-state index contributed by atoms with van der Waals surface area (Å²) in [6.45, 7) is 6.46. The van der Waals surface area contributed by atoms with E-state index in [9.17, 15) is 13.2 Å². The molecule has 3 rings (SSSR count). The van der Waals surface area contributed by atoms with Gasteiger partial charge < -0.3 is 5.32 Å². The summed E-state index contributed by atoms with van der Waals surface area (Å²) < 4.78 is 27.0. The second-order valence-electron chi connectivity index (χ2n) is 7.69. The number of amides is 1. The molecule has 1 aliphatic heterocycles.